The Morgan fingerprint density at radius 1 is 1.44 bits per heavy atom. The normalized spacial score (nSPS) is 13.6. The first-order valence-electron chi connectivity index (χ1n) is 5.49. The van der Waals surface area contributed by atoms with Crippen LogP contribution in [0.3, 0.4) is 0 Å². The van der Waals surface area contributed by atoms with Crippen LogP contribution in [-0.2, 0) is 4.79 Å². The lowest BCUT2D eigenvalue weighted by molar-refractivity contribution is -0.123. The average molecular weight is 241 g/mol. The highest BCUT2D eigenvalue weighted by molar-refractivity contribution is 7.15. The number of hydrogen-bond donors (Lipinski definition) is 1. The summed E-state index contributed by atoms with van der Waals surface area (Å²) in [5.74, 6) is 0.372. The lowest BCUT2D eigenvalue weighted by atomic mass is 9.96. The first kappa shape index (κ1) is 13.1. The maximum absolute atomic E-state index is 11.7. The minimum Gasteiger partial charge on any atom is -0.300 e. The Labute approximate surface area is 100 Å². The molecule has 0 saturated heterocycles. The second kappa shape index (κ2) is 4.91. The van der Waals surface area contributed by atoms with Crippen LogP contribution in [0.1, 0.15) is 52.0 Å². The Morgan fingerprint density at radius 2 is 2.06 bits per heavy atom. The third-order valence-electron chi connectivity index (χ3n) is 2.38. The van der Waals surface area contributed by atoms with Crippen molar-refractivity contribution < 1.29 is 4.79 Å². The molecule has 0 spiro atoms. The molecule has 1 unspecified atom stereocenters. The first-order chi connectivity index (χ1) is 7.34. The average Bonchev–Trinajstić information content (AvgIpc) is 2.63. The maximum atomic E-state index is 11.7. The van der Waals surface area contributed by atoms with Crippen molar-refractivity contribution in [3.63, 3.8) is 0 Å². The Balaban J connectivity index is 2.69. The van der Waals surface area contributed by atoms with Gasteiger partial charge in [0.15, 0.2) is 0 Å². The minimum absolute atomic E-state index is 0.0284. The Kier molecular flexibility index (Phi) is 4.02. The van der Waals surface area contributed by atoms with Gasteiger partial charge in [0, 0.05) is 11.3 Å². The van der Waals surface area contributed by atoms with Crippen LogP contribution >= 0.6 is 11.3 Å². The molecule has 1 aromatic heterocycles. The molecule has 1 atom stereocenters. The summed E-state index contributed by atoms with van der Waals surface area (Å²) in [6.45, 7) is 9.84. The number of rotatable bonds is 3. The molecule has 0 radical (unpaired) electrons. The summed E-state index contributed by atoms with van der Waals surface area (Å²) in [4.78, 5) is 11.7. The summed E-state index contributed by atoms with van der Waals surface area (Å²) in [6, 6.07) is 0. The fourth-order valence-electron chi connectivity index (χ4n) is 0.943. The highest BCUT2D eigenvalue weighted by Crippen LogP contribution is 2.26. The highest BCUT2D eigenvalue weighted by Gasteiger charge is 2.22. The van der Waals surface area contributed by atoms with Gasteiger partial charge in [-0.05, 0) is 6.42 Å². The third-order valence-corrected chi connectivity index (χ3v) is 3.45. The smallest absolute Gasteiger partial charge is 0.231 e. The molecule has 0 fully saturated rings. The molecule has 1 amide bonds. The van der Waals surface area contributed by atoms with Gasteiger partial charge in [0.1, 0.15) is 5.01 Å². The Bertz CT molecular complexity index is 368. The van der Waals surface area contributed by atoms with Crippen molar-refractivity contribution in [2.24, 2.45) is 5.41 Å². The molecule has 0 aliphatic heterocycles. The molecule has 1 aromatic rings. The molecular weight excluding hydrogens is 222 g/mol. The van der Waals surface area contributed by atoms with Crippen LogP contribution in [0.15, 0.2) is 0 Å². The van der Waals surface area contributed by atoms with Gasteiger partial charge < -0.3 is 5.32 Å². The van der Waals surface area contributed by atoms with Crippen LogP contribution in [0.25, 0.3) is 0 Å². The zero-order chi connectivity index (χ0) is 12.3. The third kappa shape index (κ3) is 3.27. The van der Waals surface area contributed by atoms with Crippen LogP contribution < -0.4 is 5.32 Å². The summed E-state index contributed by atoms with van der Waals surface area (Å²) in [6.07, 6.45) is 1.03. The van der Waals surface area contributed by atoms with E-state index in [9.17, 15) is 4.79 Å². The van der Waals surface area contributed by atoms with E-state index in [0.29, 0.717) is 11.0 Å². The fraction of sp³-hybridized carbons (Fsp3) is 0.727. The molecule has 5 heteroatoms. The molecule has 0 aliphatic rings. The second-order valence-electron chi connectivity index (χ2n) is 4.96. The van der Waals surface area contributed by atoms with Crippen LogP contribution in [0.2, 0.25) is 0 Å². The number of carbonyl (C=O) groups excluding carboxylic acids is 1. The van der Waals surface area contributed by atoms with Gasteiger partial charge in [-0.3, -0.25) is 4.79 Å². The van der Waals surface area contributed by atoms with E-state index in [0.717, 1.165) is 11.4 Å². The van der Waals surface area contributed by atoms with Crippen LogP contribution in [0, 0.1) is 5.41 Å². The van der Waals surface area contributed by atoms with E-state index in [4.69, 9.17) is 0 Å². The quantitative estimate of drug-likeness (QED) is 0.885. The predicted octanol–water partition coefficient (Wildman–Crippen LogP) is 3.04. The Morgan fingerprint density at radius 3 is 2.56 bits per heavy atom. The minimum atomic E-state index is -0.401. The van der Waals surface area contributed by atoms with Gasteiger partial charge in [-0.25, -0.2) is 0 Å². The molecule has 1 rings (SSSR count). The van der Waals surface area contributed by atoms with E-state index in [2.05, 4.69) is 29.4 Å². The van der Waals surface area contributed by atoms with Gasteiger partial charge in [-0.15, -0.1) is 10.2 Å². The number of carbonyl (C=O) groups is 1. The first-order valence-corrected chi connectivity index (χ1v) is 6.31. The second-order valence-corrected chi connectivity index (χ2v) is 5.97. The van der Waals surface area contributed by atoms with Gasteiger partial charge in [0.2, 0.25) is 11.0 Å². The Hall–Kier alpha value is -0.970. The summed E-state index contributed by atoms with van der Waals surface area (Å²) < 4.78 is 0. The van der Waals surface area contributed by atoms with E-state index in [1.54, 1.807) is 0 Å². The van der Waals surface area contributed by atoms with E-state index in [1.807, 2.05) is 20.8 Å². The number of nitrogens with one attached hydrogen (secondary N) is 1. The zero-order valence-corrected chi connectivity index (χ0v) is 11.3. The zero-order valence-electron chi connectivity index (χ0n) is 10.5. The SMILES string of the molecule is CCC(C)c1nnc(NC(=O)C(C)(C)C)s1. The molecular formula is C11H19N3OS. The molecule has 16 heavy (non-hydrogen) atoms. The number of amides is 1. The number of anilines is 1. The summed E-state index contributed by atoms with van der Waals surface area (Å²) in [5.41, 5.74) is -0.401. The molecule has 1 N–H and O–H groups in total. The molecule has 0 aromatic carbocycles. The molecule has 90 valence electrons. The van der Waals surface area contributed by atoms with E-state index in [-0.39, 0.29) is 5.91 Å². The van der Waals surface area contributed by atoms with Crippen LogP contribution in [0.4, 0.5) is 5.13 Å². The van der Waals surface area contributed by atoms with Crippen molar-refractivity contribution in [1.29, 1.82) is 0 Å². The van der Waals surface area contributed by atoms with Crippen molar-refractivity contribution >= 4 is 22.4 Å². The van der Waals surface area contributed by atoms with Crippen LogP contribution in [-0.4, -0.2) is 16.1 Å². The van der Waals surface area contributed by atoms with Gasteiger partial charge >= 0.3 is 0 Å². The van der Waals surface area contributed by atoms with E-state index in [1.165, 1.54) is 11.3 Å². The summed E-state index contributed by atoms with van der Waals surface area (Å²) in [7, 11) is 0. The predicted molar refractivity (Wildman–Crippen MR) is 66.7 cm³/mol. The number of aromatic nitrogens is 2. The summed E-state index contributed by atoms with van der Waals surface area (Å²) >= 11 is 1.46. The largest absolute Gasteiger partial charge is 0.300 e. The van der Waals surface area contributed by atoms with Crippen molar-refractivity contribution in [2.75, 3.05) is 5.32 Å². The summed E-state index contributed by atoms with van der Waals surface area (Å²) in [5, 5.41) is 12.4. The molecule has 0 aliphatic carbocycles. The van der Waals surface area contributed by atoms with Gasteiger partial charge in [0.05, 0.1) is 0 Å². The molecule has 0 bridgehead atoms. The monoisotopic (exact) mass is 241 g/mol. The van der Waals surface area contributed by atoms with E-state index >= 15 is 0 Å². The van der Waals surface area contributed by atoms with Gasteiger partial charge in [-0.2, -0.15) is 0 Å². The highest BCUT2D eigenvalue weighted by atomic mass is 32.1. The number of nitrogens with zero attached hydrogens (tertiary/aromatic N) is 2. The van der Waals surface area contributed by atoms with Crippen molar-refractivity contribution in [3.8, 4) is 0 Å². The van der Waals surface area contributed by atoms with Crippen molar-refractivity contribution in [3.05, 3.63) is 5.01 Å². The molecule has 0 saturated carbocycles. The fourth-order valence-corrected chi connectivity index (χ4v) is 1.82. The molecule has 1 heterocycles. The van der Waals surface area contributed by atoms with Gasteiger partial charge in [-0.1, -0.05) is 46.0 Å². The topological polar surface area (TPSA) is 54.9 Å². The standard InChI is InChI=1S/C11H19N3OS/c1-6-7(2)8-13-14-10(16-8)12-9(15)11(3,4)5/h7H,6H2,1-5H3,(H,12,14,15). The van der Waals surface area contributed by atoms with E-state index < -0.39 is 5.41 Å². The van der Waals surface area contributed by atoms with Gasteiger partial charge in [0.25, 0.3) is 0 Å². The van der Waals surface area contributed by atoms with Crippen LogP contribution in [0.5, 0.6) is 0 Å². The lowest BCUT2D eigenvalue weighted by Crippen LogP contribution is -2.27. The molecule has 4 nitrogen and oxygen atoms in total. The van der Waals surface area contributed by atoms with Crippen molar-refractivity contribution in [1.82, 2.24) is 10.2 Å². The lowest BCUT2D eigenvalue weighted by Gasteiger charge is -2.15. The number of hydrogen-bond acceptors (Lipinski definition) is 4. The van der Waals surface area contributed by atoms with Crippen molar-refractivity contribution in [2.45, 2.75) is 47.0 Å². The maximum Gasteiger partial charge on any atom is 0.231 e.